The van der Waals surface area contributed by atoms with Crippen LogP contribution in [-0.4, -0.2) is 31.2 Å². The maximum atomic E-state index is 12.5. The summed E-state index contributed by atoms with van der Waals surface area (Å²) >= 11 is 11.8. The first-order valence-corrected chi connectivity index (χ1v) is 9.72. The van der Waals surface area contributed by atoms with E-state index in [4.69, 9.17) is 27.9 Å². The molecular formula is C21H23Cl2N3O3. The average Bonchev–Trinajstić information content (AvgIpc) is 2.68. The van der Waals surface area contributed by atoms with Crippen LogP contribution in [0, 0.1) is 12.8 Å². The van der Waals surface area contributed by atoms with Gasteiger partial charge < -0.3 is 10.1 Å². The van der Waals surface area contributed by atoms with Gasteiger partial charge in [0.25, 0.3) is 11.8 Å². The van der Waals surface area contributed by atoms with Crippen LogP contribution in [0.2, 0.25) is 10.0 Å². The Labute approximate surface area is 180 Å². The Morgan fingerprint density at radius 1 is 1.10 bits per heavy atom. The molecule has 0 heterocycles. The van der Waals surface area contributed by atoms with Gasteiger partial charge in [-0.2, -0.15) is 5.10 Å². The van der Waals surface area contributed by atoms with E-state index in [0.717, 1.165) is 16.9 Å². The molecule has 0 aliphatic carbocycles. The summed E-state index contributed by atoms with van der Waals surface area (Å²) in [5.41, 5.74) is 4.59. The number of benzene rings is 2. The summed E-state index contributed by atoms with van der Waals surface area (Å²) in [4.78, 5) is 25.0. The Balaban J connectivity index is 2.05. The van der Waals surface area contributed by atoms with Crippen LogP contribution in [0.4, 0.5) is 0 Å². The molecule has 2 amide bonds. The van der Waals surface area contributed by atoms with Crippen molar-refractivity contribution in [3.63, 3.8) is 0 Å². The van der Waals surface area contributed by atoms with E-state index in [2.05, 4.69) is 15.8 Å². The van der Waals surface area contributed by atoms with Crippen LogP contribution < -0.4 is 15.5 Å². The third-order valence-electron chi connectivity index (χ3n) is 4.27. The van der Waals surface area contributed by atoms with E-state index < -0.39 is 17.9 Å². The quantitative estimate of drug-likeness (QED) is 0.504. The fourth-order valence-corrected chi connectivity index (χ4v) is 2.85. The van der Waals surface area contributed by atoms with E-state index in [9.17, 15) is 9.59 Å². The zero-order valence-electron chi connectivity index (χ0n) is 16.6. The first-order valence-electron chi connectivity index (χ1n) is 8.96. The van der Waals surface area contributed by atoms with Crippen molar-refractivity contribution < 1.29 is 14.3 Å². The predicted molar refractivity (Wildman–Crippen MR) is 116 cm³/mol. The van der Waals surface area contributed by atoms with Crippen LogP contribution >= 0.6 is 23.2 Å². The number of halogens is 2. The Kier molecular flexibility index (Phi) is 8.05. The second kappa shape index (κ2) is 10.3. The molecule has 29 heavy (non-hydrogen) atoms. The maximum absolute atomic E-state index is 12.5. The zero-order valence-corrected chi connectivity index (χ0v) is 18.1. The Morgan fingerprint density at radius 2 is 1.83 bits per heavy atom. The van der Waals surface area contributed by atoms with Gasteiger partial charge in [-0.1, -0.05) is 37.0 Å². The van der Waals surface area contributed by atoms with Gasteiger partial charge in [0.1, 0.15) is 11.8 Å². The molecule has 0 bridgehead atoms. The van der Waals surface area contributed by atoms with Crippen molar-refractivity contribution in [2.75, 3.05) is 7.11 Å². The molecule has 0 aliphatic rings. The molecule has 0 aromatic heterocycles. The number of hydrazone groups is 1. The number of rotatable bonds is 7. The summed E-state index contributed by atoms with van der Waals surface area (Å²) < 4.78 is 5.17. The average molecular weight is 436 g/mol. The van der Waals surface area contributed by atoms with Gasteiger partial charge in [-0.3, -0.25) is 9.59 Å². The first-order chi connectivity index (χ1) is 13.7. The van der Waals surface area contributed by atoms with Crippen LogP contribution in [0.3, 0.4) is 0 Å². The number of amides is 2. The molecule has 0 spiro atoms. The molecule has 0 aliphatic heterocycles. The lowest BCUT2D eigenvalue weighted by Gasteiger charge is -2.20. The topological polar surface area (TPSA) is 79.8 Å². The number of carbonyl (C=O) groups is 2. The molecule has 0 saturated heterocycles. The Hall–Kier alpha value is -2.57. The standard InChI is InChI=1S/C21H23Cl2N3O3/c1-12(2)19(25-20(27)14-6-8-17(22)18(23)10-14)21(28)26-24-11-15-5-7-16(29-4)9-13(15)3/h5-12,19H,1-4H3,(H,25,27)(H,26,28). The maximum Gasteiger partial charge on any atom is 0.262 e. The molecule has 0 fully saturated rings. The second-order valence-corrected chi connectivity index (χ2v) is 7.60. The Bertz CT molecular complexity index is 929. The van der Waals surface area contributed by atoms with Gasteiger partial charge >= 0.3 is 0 Å². The van der Waals surface area contributed by atoms with Crippen LogP contribution in [0.15, 0.2) is 41.5 Å². The summed E-state index contributed by atoms with van der Waals surface area (Å²) in [5, 5.41) is 7.34. The molecule has 6 nitrogen and oxygen atoms in total. The number of hydrogen-bond acceptors (Lipinski definition) is 4. The van der Waals surface area contributed by atoms with Crippen molar-refractivity contribution in [2.45, 2.75) is 26.8 Å². The number of aryl methyl sites for hydroxylation is 1. The third-order valence-corrected chi connectivity index (χ3v) is 5.01. The zero-order chi connectivity index (χ0) is 21.6. The highest BCUT2D eigenvalue weighted by Crippen LogP contribution is 2.22. The number of carbonyl (C=O) groups excluding carboxylic acids is 2. The third kappa shape index (κ3) is 6.21. The van der Waals surface area contributed by atoms with Crippen molar-refractivity contribution in [1.29, 1.82) is 0 Å². The van der Waals surface area contributed by atoms with Crippen LogP contribution in [-0.2, 0) is 4.79 Å². The summed E-state index contributed by atoms with van der Waals surface area (Å²) in [6.07, 6.45) is 1.55. The van der Waals surface area contributed by atoms with E-state index in [1.54, 1.807) is 19.4 Å². The lowest BCUT2D eigenvalue weighted by molar-refractivity contribution is -0.123. The van der Waals surface area contributed by atoms with Gasteiger partial charge in [-0.05, 0) is 60.4 Å². The highest BCUT2D eigenvalue weighted by Gasteiger charge is 2.24. The van der Waals surface area contributed by atoms with Crippen molar-refractivity contribution in [2.24, 2.45) is 11.0 Å². The van der Waals surface area contributed by atoms with Gasteiger partial charge in [0.15, 0.2) is 0 Å². The van der Waals surface area contributed by atoms with Crippen molar-refractivity contribution >= 4 is 41.2 Å². The number of nitrogens with one attached hydrogen (secondary N) is 2. The molecule has 1 unspecified atom stereocenters. The number of methoxy groups -OCH3 is 1. The highest BCUT2D eigenvalue weighted by molar-refractivity contribution is 6.42. The summed E-state index contributed by atoms with van der Waals surface area (Å²) in [6.45, 7) is 5.58. The van der Waals surface area contributed by atoms with E-state index in [-0.39, 0.29) is 10.9 Å². The number of ether oxygens (including phenoxy) is 1. The SMILES string of the molecule is COc1ccc(C=NNC(=O)C(NC(=O)c2ccc(Cl)c(Cl)c2)C(C)C)c(C)c1. The fourth-order valence-electron chi connectivity index (χ4n) is 2.55. The van der Waals surface area contributed by atoms with Crippen LogP contribution in [0.25, 0.3) is 0 Å². The molecule has 2 aromatic carbocycles. The second-order valence-electron chi connectivity index (χ2n) is 6.78. The van der Waals surface area contributed by atoms with Crippen molar-refractivity contribution in [3.8, 4) is 5.75 Å². The van der Waals surface area contributed by atoms with E-state index in [1.165, 1.54) is 12.1 Å². The highest BCUT2D eigenvalue weighted by atomic mass is 35.5. The molecule has 1 atom stereocenters. The van der Waals surface area contributed by atoms with Crippen molar-refractivity contribution in [1.82, 2.24) is 10.7 Å². The largest absolute Gasteiger partial charge is 0.497 e. The summed E-state index contributed by atoms with van der Waals surface area (Å²) in [5.74, 6) is -0.253. The summed E-state index contributed by atoms with van der Waals surface area (Å²) in [7, 11) is 1.60. The first kappa shape index (κ1) is 22.7. The molecule has 8 heteroatoms. The minimum absolute atomic E-state index is 0.153. The monoisotopic (exact) mass is 435 g/mol. The van der Waals surface area contributed by atoms with Gasteiger partial charge in [-0.15, -0.1) is 0 Å². The number of hydrogen-bond donors (Lipinski definition) is 2. The van der Waals surface area contributed by atoms with Gasteiger partial charge in [0, 0.05) is 5.56 Å². The normalized spacial score (nSPS) is 12.1. The van der Waals surface area contributed by atoms with E-state index in [1.807, 2.05) is 39.0 Å². The van der Waals surface area contributed by atoms with Crippen LogP contribution in [0.1, 0.15) is 35.3 Å². The van der Waals surface area contributed by atoms with Gasteiger partial charge in [0.2, 0.25) is 0 Å². The lowest BCUT2D eigenvalue weighted by atomic mass is 10.0. The van der Waals surface area contributed by atoms with Gasteiger partial charge in [0.05, 0.1) is 23.4 Å². The van der Waals surface area contributed by atoms with E-state index in [0.29, 0.717) is 10.6 Å². The lowest BCUT2D eigenvalue weighted by Crippen LogP contribution is -2.48. The van der Waals surface area contributed by atoms with E-state index >= 15 is 0 Å². The minimum Gasteiger partial charge on any atom is -0.497 e. The molecule has 154 valence electrons. The van der Waals surface area contributed by atoms with Crippen molar-refractivity contribution in [3.05, 3.63) is 63.1 Å². The minimum atomic E-state index is -0.772. The molecule has 2 N–H and O–H groups in total. The number of nitrogens with zero attached hydrogens (tertiary/aromatic N) is 1. The Morgan fingerprint density at radius 3 is 2.41 bits per heavy atom. The molecule has 0 radical (unpaired) electrons. The summed E-state index contributed by atoms with van der Waals surface area (Å²) in [6, 6.07) is 9.29. The molecule has 2 rings (SSSR count). The van der Waals surface area contributed by atoms with Gasteiger partial charge in [-0.25, -0.2) is 5.43 Å². The fraction of sp³-hybridized carbons (Fsp3) is 0.286. The smallest absolute Gasteiger partial charge is 0.262 e. The molecule has 0 saturated carbocycles. The predicted octanol–water partition coefficient (Wildman–Crippen LogP) is 4.22. The molecular weight excluding hydrogens is 413 g/mol. The van der Waals surface area contributed by atoms with Crippen LogP contribution in [0.5, 0.6) is 5.75 Å². The molecule has 2 aromatic rings.